The van der Waals surface area contributed by atoms with E-state index in [1.54, 1.807) is 12.1 Å². The molecule has 92 valence electrons. The Morgan fingerprint density at radius 3 is 2.76 bits per heavy atom. The number of ether oxygens (including phenoxy) is 1. The number of morpholine rings is 1. The number of nitrogens with zero attached hydrogens (tertiary/aromatic N) is 1. The van der Waals surface area contributed by atoms with Gasteiger partial charge in [0, 0.05) is 23.7 Å². The lowest BCUT2D eigenvalue weighted by Gasteiger charge is -2.27. The second-order valence-corrected chi connectivity index (χ2v) is 4.47. The average Bonchev–Trinajstić information content (AvgIpc) is 2.39. The number of halogens is 1. The molecule has 1 aliphatic rings. The SMILES string of the molecule is CCc1cc(C(=O)N2CCOCC2)ccc1Cl. The minimum absolute atomic E-state index is 0.0691. The topological polar surface area (TPSA) is 29.5 Å². The summed E-state index contributed by atoms with van der Waals surface area (Å²) in [5.74, 6) is 0.0691. The van der Waals surface area contributed by atoms with Crippen molar-refractivity contribution in [2.75, 3.05) is 26.3 Å². The average molecular weight is 254 g/mol. The number of amides is 1. The van der Waals surface area contributed by atoms with Gasteiger partial charge in [-0.15, -0.1) is 0 Å². The van der Waals surface area contributed by atoms with E-state index in [0.717, 1.165) is 17.0 Å². The van der Waals surface area contributed by atoms with Crippen molar-refractivity contribution >= 4 is 17.5 Å². The first kappa shape index (κ1) is 12.4. The van der Waals surface area contributed by atoms with Crippen molar-refractivity contribution < 1.29 is 9.53 Å². The minimum atomic E-state index is 0.0691. The Balaban J connectivity index is 2.18. The van der Waals surface area contributed by atoms with Crippen LogP contribution >= 0.6 is 11.6 Å². The van der Waals surface area contributed by atoms with Crippen LogP contribution in [0.15, 0.2) is 18.2 Å². The van der Waals surface area contributed by atoms with E-state index in [0.29, 0.717) is 31.9 Å². The first-order chi connectivity index (χ1) is 8.22. The zero-order valence-corrected chi connectivity index (χ0v) is 10.7. The molecule has 0 N–H and O–H groups in total. The highest BCUT2D eigenvalue weighted by Crippen LogP contribution is 2.19. The van der Waals surface area contributed by atoms with Crippen molar-refractivity contribution in [3.8, 4) is 0 Å². The molecule has 1 heterocycles. The van der Waals surface area contributed by atoms with Gasteiger partial charge in [0.1, 0.15) is 0 Å². The van der Waals surface area contributed by atoms with Gasteiger partial charge < -0.3 is 9.64 Å². The molecule has 1 amide bonds. The largest absolute Gasteiger partial charge is 0.378 e. The Bertz CT molecular complexity index is 414. The predicted molar refractivity (Wildman–Crippen MR) is 67.6 cm³/mol. The number of aryl methyl sites for hydroxylation is 1. The normalized spacial score (nSPS) is 16.0. The fourth-order valence-corrected chi connectivity index (χ4v) is 2.18. The maximum atomic E-state index is 12.2. The van der Waals surface area contributed by atoms with Crippen molar-refractivity contribution in [1.82, 2.24) is 4.90 Å². The van der Waals surface area contributed by atoms with Gasteiger partial charge >= 0.3 is 0 Å². The van der Waals surface area contributed by atoms with E-state index in [4.69, 9.17) is 16.3 Å². The van der Waals surface area contributed by atoms with Crippen LogP contribution in [-0.4, -0.2) is 37.1 Å². The summed E-state index contributed by atoms with van der Waals surface area (Å²) in [6.45, 7) is 4.62. The summed E-state index contributed by atoms with van der Waals surface area (Å²) in [6.07, 6.45) is 0.836. The van der Waals surface area contributed by atoms with E-state index in [9.17, 15) is 4.79 Å². The molecule has 0 aromatic heterocycles. The lowest BCUT2D eigenvalue weighted by molar-refractivity contribution is 0.0303. The summed E-state index contributed by atoms with van der Waals surface area (Å²) in [6, 6.07) is 5.48. The van der Waals surface area contributed by atoms with Crippen LogP contribution in [0.4, 0.5) is 0 Å². The van der Waals surface area contributed by atoms with Gasteiger partial charge in [0.15, 0.2) is 0 Å². The van der Waals surface area contributed by atoms with E-state index < -0.39 is 0 Å². The Hall–Kier alpha value is -1.06. The minimum Gasteiger partial charge on any atom is -0.378 e. The molecule has 0 spiro atoms. The molecule has 2 rings (SSSR count). The summed E-state index contributed by atoms with van der Waals surface area (Å²) < 4.78 is 5.23. The van der Waals surface area contributed by atoms with Crippen LogP contribution in [0.25, 0.3) is 0 Å². The molecule has 1 aliphatic heterocycles. The molecule has 0 unspecified atom stereocenters. The third kappa shape index (κ3) is 2.79. The molecule has 1 saturated heterocycles. The van der Waals surface area contributed by atoms with Crippen LogP contribution in [0, 0.1) is 0 Å². The van der Waals surface area contributed by atoms with Gasteiger partial charge in [-0.05, 0) is 30.2 Å². The molecule has 4 heteroatoms. The maximum absolute atomic E-state index is 12.2. The van der Waals surface area contributed by atoms with Gasteiger partial charge in [0.25, 0.3) is 5.91 Å². The Morgan fingerprint density at radius 1 is 1.41 bits per heavy atom. The third-order valence-electron chi connectivity index (χ3n) is 2.97. The number of rotatable bonds is 2. The second kappa shape index (κ2) is 5.52. The standard InChI is InChI=1S/C13H16ClNO2/c1-2-10-9-11(3-4-12(10)14)13(16)15-5-7-17-8-6-15/h3-4,9H,2,5-8H2,1H3. The van der Waals surface area contributed by atoms with Crippen LogP contribution in [-0.2, 0) is 11.2 Å². The van der Waals surface area contributed by atoms with E-state index in [1.165, 1.54) is 0 Å². The van der Waals surface area contributed by atoms with E-state index >= 15 is 0 Å². The molecule has 0 aliphatic carbocycles. The van der Waals surface area contributed by atoms with Crippen molar-refractivity contribution in [3.63, 3.8) is 0 Å². The fraction of sp³-hybridized carbons (Fsp3) is 0.462. The molecule has 0 saturated carbocycles. The molecular formula is C13H16ClNO2. The van der Waals surface area contributed by atoms with Gasteiger partial charge in [-0.2, -0.15) is 0 Å². The monoisotopic (exact) mass is 253 g/mol. The molecular weight excluding hydrogens is 238 g/mol. The van der Waals surface area contributed by atoms with Crippen LogP contribution in [0.2, 0.25) is 5.02 Å². The Labute approximate surface area is 106 Å². The van der Waals surface area contributed by atoms with Gasteiger partial charge in [-0.25, -0.2) is 0 Å². The summed E-state index contributed by atoms with van der Waals surface area (Å²) >= 11 is 6.04. The highest BCUT2D eigenvalue weighted by Gasteiger charge is 2.18. The van der Waals surface area contributed by atoms with Crippen LogP contribution in [0.5, 0.6) is 0 Å². The number of hydrogen-bond acceptors (Lipinski definition) is 2. The smallest absolute Gasteiger partial charge is 0.254 e. The third-order valence-corrected chi connectivity index (χ3v) is 3.34. The van der Waals surface area contributed by atoms with Crippen molar-refractivity contribution in [3.05, 3.63) is 34.3 Å². The molecule has 1 aromatic carbocycles. The Morgan fingerprint density at radius 2 is 2.12 bits per heavy atom. The van der Waals surface area contributed by atoms with Gasteiger partial charge in [-0.3, -0.25) is 4.79 Å². The van der Waals surface area contributed by atoms with Crippen LogP contribution in [0.3, 0.4) is 0 Å². The highest BCUT2D eigenvalue weighted by atomic mass is 35.5. The van der Waals surface area contributed by atoms with Crippen molar-refractivity contribution in [1.29, 1.82) is 0 Å². The lowest BCUT2D eigenvalue weighted by atomic mass is 10.1. The molecule has 1 aromatic rings. The summed E-state index contributed by atoms with van der Waals surface area (Å²) in [5, 5.41) is 0.728. The van der Waals surface area contributed by atoms with Crippen LogP contribution in [0.1, 0.15) is 22.8 Å². The maximum Gasteiger partial charge on any atom is 0.254 e. The predicted octanol–water partition coefficient (Wildman–Crippen LogP) is 2.37. The van der Waals surface area contributed by atoms with E-state index in [1.807, 2.05) is 17.9 Å². The van der Waals surface area contributed by atoms with Gasteiger partial charge in [0.05, 0.1) is 13.2 Å². The molecule has 0 bridgehead atoms. The van der Waals surface area contributed by atoms with Gasteiger partial charge in [0.2, 0.25) is 0 Å². The number of carbonyl (C=O) groups is 1. The Kier molecular flexibility index (Phi) is 4.02. The molecule has 0 radical (unpaired) electrons. The van der Waals surface area contributed by atoms with Gasteiger partial charge in [-0.1, -0.05) is 18.5 Å². The number of benzene rings is 1. The van der Waals surface area contributed by atoms with Crippen LogP contribution < -0.4 is 0 Å². The van der Waals surface area contributed by atoms with Crippen molar-refractivity contribution in [2.24, 2.45) is 0 Å². The quantitative estimate of drug-likeness (QED) is 0.810. The first-order valence-corrected chi connectivity index (χ1v) is 6.25. The molecule has 17 heavy (non-hydrogen) atoms. The molecule has 1 fully saturated rings. The number of carbonyl (C=O) groups excluding carboxylic acids is 1. The highest BCUT2D eigenvalue weighted by molar-refractivity contribution is 6.31. The summed E-state index contributed by atoms with van der Waals surface area (Å²) in [7, 11) is 0. The first-order valence-electron chi connectivity index (χ1n) is 5.88. The van der Waals surface area contributed by atoms with Crippen molar-refractivity contribution in [2.45, 2.75) is 13.3 Å². The zero-order chi connectivity index (χ0) is 12.3. The zero-order valence-electron chi connectivity index (χ0n) is 9.91. The van der Waals surface area contributed by atoms with E-state index in [2.05, 4.69) is 0 Å². The lowest BCUT2D eigenvalue weighted by Crippen LogP contribution is -2.40. The van der Waals surface area contributed by atoms with E-state index in [-0.39, 0.29) is 5.91 Å². The second-order valence-electron chi connectivity index (χ2n) is 4.06. The fourth-order valence-electron chi connectivity index (χ4n) is 1.93. The molecule has 0 atom stereocenters. The molecule has 3 nitrogen and oxygen atoms in total. The number of hydrogen-bond donors (Lipinski definition) is 0. The summed E-state index contributed by atoms with van der Waals surface area (Å²) in [4.78, 5) is 14.0. The summed E-state index contributed by atoms with van der Waals surface area (Å²) in [5.41, 5.74) is 1.74.